The number of hydrogen-bond acceptors (Lipinski definition) is 4. The van der Waals surface area contributed by atoms with Crippen molar-refractivity contribution in [3.63, 3.8) is 0 Å². The van der Waals surface area contributed by atoms with Gasteiger partial charge in [0.2, 0.25) is 0 Å². The minimum absolute atomic E-state index is 0.786. The zero-order valence-electron chi connectivity index (χ0n) is 18.3. The molecule has 6 nitrogen and oxygen atoms in total. The molecule has 0 bridgehead atoms. The summed E-state index contributed by atoms with van der Waals surface area (Å²) < 4.78 is 8.07. The monoisotopic (exact) mass is 416 g/mol. The molecule has 2 aliphatic heterocycles. The number of aromatic nitrogens is 2. The van der Waals surface area contributed by atoms with E-state index >= 15 is 0 Å². The van der Waals surface area contributed by atoms with Gasteiger partial charge < -0.3 is 15.0 Å². The van der Waals surface area contributed by atoms with Gasteiger partial charge in [0.05, 0.1) is 31.0 Å². The van der Waals surface area contributed by atoms with Crippen LogP contribution in [0.15, 0.2) is 53.5 Å². The summed E-state index contributed by atoms with van der Waals surface area (Å²) in [5.41, 5.74) is 5.83. The molecule has 0 fully saturated rings. The zero-order valence-corrected chi connectivity index (χ0v) is 18.3. The van der Waals surface area contributed by atoms with E-state index in [9.17, 15) is 0 Å². The van der Waals surface area contributed by atoms with E-state index < -0.39 is 0 Å². The van der Waals surface area contributed by atoms with Gasteiger partial charge in [-0.05, 0) is 54.2 Å². The molecule has 2 N–H and O–H groups in total. The van der Waals surface area contributed by atoms with Crippen molar-refractivity contribution in [1.82, 2.24) is 10.00 Å². The Balaban J connectivity index is 1.36. The molecule has 3 aromatic rings. The highest BCUT2D eigenvalue weighted by atomic mass is 16.5. The van der Waals surface area contributed by atoms with Gasteiger partial charge in [-0.3, -0.25) is 0 Å². The number of nitrogens with zero attached hydrogens (tertiary/aromatic N) is 3. The van der Waals surface area contributed by atoms with Crippen LogP contribution in [0.4, 0.5) is 11.5 Å². The minimum atomic E-state index is 0.786. The number of hydrogen-bond donors (Lipinski definition) is 2. The van der Waals surface area contributed by atoms with E-state index in [-0.39, 0.29) is 0 Å². The maximum absolute atomic E-state index is 6.00. The van der Waals surface area contributed by atoms with Crippen molar-refractivity contribution in [2.24, 2.45) is 4.99 Å². The van der Waals surface area contributed by atoms with Crippen LogP contribution in [0.2, 0.25) is 0 Å². The third kappa shape index (κ3) is 3.90. The van der Waals surface area contributed by atoms with Gasteiger partial charge in [-0.25, -0.2) is 5.10 Å². The van der Waals surface area contributed by atoms with Gasteiger partial charge >= 0.3 is 11.8 Å². The predicted octanol–water partition coefficient (Wildman–Crippen LogP) is 4.99. The molecule has 0 atom stereocenters. The summed E-state index contributed by atoms with van der Waals surface area (Å²) in [7, 11) is 0. The molecule has 5 rings (SSSR count). The molecule has 0 unspecified atom stereocenters. The fourth-order valence-electron chi connectivity index (χ4n) is 4.29. The highest BCUT2D eigenvalue weighted by Gasteiger charge is 2.36. The third-order valence-corrected chi connectivity index (χ3v) is 6.04. The second kappa shape index (κ2) is 8.46. The van der Waals surface area contributed by atoms with Crippen LogP contribution in [0, 0.1) is 6.92 Å². The van der Waals surface area contributed by atoms with Gasteiger partial charge in [-0.2, -0.15) is 0 Å². The zero-order chi connectivity index (χ0) is 21.2. The number of ether oxygens (including phenoxy) is 1. The van der Waals surface area contributed by atoms with Crippen molar-refractivity contribution < 1.29 is 9.42 Å². The molecule has 2 aliphatic rings. The topological polar surface area (TPSA) is 56.5 Å². The number of unbranched alkanes of at least 4 members (excludes halogenated alkanes) is 3. The summed E-state index contributed by atoms with van der Waals surface area (Å²) in [6.45, 7) is 6.78. The molecule has 3 heterocycles. The highest BCUT2D eigenvalue weighted by Crippen LogP contribution is 2.33. The van der Waals surface area contributed by atoms with Crippen molar-refractivity contribution in [2.75, 3.05) is 11.9 Å². The fraction of sp³-hybridized carbons (Fsp3) is 0.360. The Morgan fingerprint density at radius 2 is 1.94 bits per heavy atom. The van der Waals surface area contributed by atoms with Gasteiger partial charge in [0, 0.05) is 5.69 Å². The standard InChI is InChI=1S/C25H29N5O/c1-3-4-5-9-14-31-21-12-13-23-19(15-21)16-29-17-22-18(2)28-30(20-10-7-6-8-11-20)24(22)27-25(29)26-23/h6-8,10-13,15H,3-5,9,14,16-17H2,1-2H3,(H,26,27,28)/p+1. The second-order valence-electron chi connectivity index (χ2n) is 8.35. The normalized spacial score (nSPS) is 14.3. The minimum Gasteiger partial charge on any atom is -0.494 e. The molecule has 1 aromatic heterocycles. The lowest BCUT2D eigenvalue weighted by Crippen LogP contribution is -2.42. The Hall–Kier alpha value is -3.28. The first-order valence-corrected chi connectivity index (χ1v) is 11.3. The van der Waals surface area contributed by atoms with Crippen LogP contribution >= 0.6 is 0 Å². The molecular weight excluding hydrogens is 386 g/mol. The number of rotatable bonds is 7. The number of guanidine groups is 1. The molecule has 31 heavy (non-hydrogen) atoms. The van der Waals surface area contributed by atoms with Crippen LogP contribution in [0.5, 0.6) is 5.75 Å². The average molecular weight is 417 g/mol. The third-order valence-electron chi connectivity index (χ3n) is 6.04. The Kier molecular flexibility index (Phi) is 5.37. The number of aryl methyl sites for hydroxylation is 1. The number of aliphatic imine (C=N–C) groups is 1. The van der Waals surface area contributed by atoms with Gasteiger partial charge in [-0.15, -0.1) is 4.68 Å². The number of aromatic amines is 1. The molecule has 0 saturated heterocycles. The maximum atomic E-state index is 6.00. The van der Waals surface area contributed by atoms with E-state index in [1.165, 1.54) is 30.4 Å². The SMILES string of the molecule is CCCCCCOc1ccc2c(c1)CN1Cc3c(C)[nH][n+](-c4ccccc4)c3N=C1N2. The van der Waals surface area contributed by atoms with Gasteiger partial charge in [0.1, 0.15) is 5.75 Å². The molecule has 6 heteroatoms. The number of nitrogens with one attached hydrogen (secondary N) is 2. The first kappa shape index (κ1) is 19.7. The second-order valence-corrected chi connectivity index (χ2v) is 8.35. The first-order valence-electron chi connectivity index (χ1n) is 11.3. The van der Waals surface area contributed by atoms with E-state index in [1.807, 2.05) is 18.2 Å². The summed E-state index contributed by atoms with van der Waals surface area (Å²) in [6, 6.07) is 16.6. The molecule has 0 saturated carbocycles. The van der Waals surface area contributed by atoms with Crippen LogP contribution < -0.4 is 14.7 Å². The maximum Gasteiger partial charge on any atom is 0.358 e. The number of fused-ring (bicyclic) bond motifs is 3. The fourth-order valence-corrected chi connectivity index (χ4v) is 4.29. The number of H-pyrrole nitrogens is 1. The lowest BCUT2D eigenvalue weighted by molar-refractivity contribution is -0.643. The van der Waals surface area contributed by atoms with E-state index in [1.54, 1.807) is 0 Å². The first-order chi connectivity index (χ1) is 15.2. The van der Waals surface area contributed by atoms with Crippen LogP contribution in [-0.4, -0.2) is 22.6 Å². The summed E-state index contributed by atoms with van der Waals surface area (Å²) in [4.78, 5) is 7.29. The van der Waals surface area contributed by atoms with Gasteiger partial charge in [-0.1, -0.05) is 44.4 Å². The van der Waals surface area contributed by atoms with Crippen molar-refractivity contribution in [3.8, 4) is 11.4 Å². The molecule has 2 aromatic carbocycles. The Bertz CT molecular complexity index is 1100. The van der Waals surface area contributed by atoms with Crippen LogP contribution in [0.1, 0.15) is 49.4 Å². The van der Waals surface area contributed by atoms with Crippen molar-refractivity contribution in [1.29, 1.82) is 0 Å². The lowest BCUT2D eigenvalue weighted by Gasteiger charge is -2.31. The van der Waals surface area contributed by atoms with E-state index in [0.29, 0.717) is 0 Å². The summed E-state index contributed by atoms with van der Waals surface area (Å²) in [5.74, 6) is 2.82. The predicted molar refractivity (Wildman–Crippen MR) is 123 cm³/mol. The van der Waals surface area contributed by atoms with E-state index in [2.05, 4.69) is 64.2 Å². The van der Waals surface area contributed by atoms with Crippen molar-refractivity contribution >= 4 is 17.5 Å². The lowest BCUT2D eigenvalue weighted by atomic mass is 10.1. The molecule has 0 radical (unpaired) electrons. The number of para-hydroxylation sites is 1. The quantitative estimate of drug-likeness (QED) is 0.421. The van der Waals surface area contributed by atoms with Crippen molar-refractivity contribution in [3.05, 3.63) is 65.4 Å². The number of anilines is 1. The van der Waals surface area contributed by atoms with E-state index in [4.69, 9.17) is 9.73 Å². The Morgan fingerprint density at radius 1 is 1.06 bits per heavy atom. The molecular formula is C25H30N5O+. The van der Waals surface area contributed by atoms with Crippen LogP contribution in [0.25, 0.3) is 5.69 Å². The van der Waals surface area contributed by atoms with Gasteiger partial charge in [0.25, 0.3) is 0 Å². The van der Waals surface area contributed by atoms with Crippen LogP contribution in [0.3, 0.4) is 0 Å². The van der Waals surface area contributed by atoms with Crippen molar-refractivity contribution in [2.45, 2.75) is 52.6 Å². The average Bonchev–Trinajstić information content (AvgIpc) is 3.12. The summed E-state index contributed by atoms with van der Waals surface area (Å²) in [6.07, 6.45) is 4.87. The summed E-state index contributed by atoms with van der Waals surface area (Å²) in [5, 5.41) is 7.02. The summed E-state index contributed by atoms with van der Waals surface area (Å²) >= 11 is 0. The number of benzene rings is 2. The molecule has 0 amide bonds. The Labute approximate surface area is 183 Å². The largest absolute Gasteiger partial charge is 0.494 e. The molecule has 0 spiro atoms. The van der Waals surface area contributed by atoms with E-state index in [0.717, 1.165) is 60.7 Å². The highest BCUT2D eigenvalue weighted by molar-refractivity contribution is 5.98. The molecule has 0 aliphatic carbocycles. The van der Waals surface area contributed by atoms with Gasteiger partial charge in [0.15, 0.2) is 5.69 Å². The smallest absolute Gasteiger partial charge is 0.358 e. The Morgan fingerprint density at radius 3 is 2.77 bits per heavy atom. The van der Waals surface area contributed by atoms with Crippen LogP contribution in [-0.2, 0) is 13.1 Å². The molecule has 160 valence electrons.